The molecule has 0 radical (unpaired) electrons. The third kappa shape index (κ3) is 1.98. The molecule has 0 aromatic heterocycles. The molecule has 0 aliphatic carbocycles. The molecule has 0 amide bonds. The molecule has 0 aromatic carbocycles. The van der Waals surface area contributed by atoms with Crippen molar-refractivity contribution < 1.29 is 9.84 Å². The Kier molecular flexibility index (Phi) is 3.28. The summed E-state index contributed by atoms with van der Waals surface area (Å²) in [4.78, 5) is 0. The first-order valence-corrected chi connectivity index (χ1v) is 2.53. The van der Waals surface area contributed by atoms with E-state index in [0.717, 1.165) is 5.57 Å². The Hall–Kier alpha value is -0.500. The summed E-state index contributed by atoms with van der Waals surface area (Å²) < 4.78 is 4.79. The van der Waals surface area contributed by atoms with Gasteiger partial charge in [-0.15, -0.1) is 0 Å². The molecular weight excluding hydrogens is 104 g/mol. The van der Waals surface area contributed by atoms with Crippen LogP contribution < -0.4 is 0 Å². The maximum Gasteiger partial charge on any atom is 0.120 e. The van der Waals surface area contributed by atoms with E-state index in [1.165, 1.54) is 0 Å². The summed E-state index contributed by atoms with van der Waals surface area (Å²) in [6.07, 6.45) is 0. The molecule has 0 rings (SSSR count). The summed E-state index contributed by atoms with van der Waals surface area (Å²) in [6, 6.07) is 0. The van der Waals surface area contributed by atoms with Crippen LogP contribution in [0.25, 0.3) is 0 Å². The Morgan fingerprint density at radius 2 is 2.00 bits per heavy atom. The molecule has 0 atom stereocenters. The Morgan fingerprint density at radius 1 is 1.50 bits per heavy atom. The van der Waals surface area contributed by atoms with E-state index >= 15 is 0 Å². The number of ether oxygens (including phenoxy) is 1. The molecule has 1 N–H and O–H groups in total. The van der Waals surface area contributed by atoms with E-state index in [2.05, 4.69) is 0 Å². The zero-order chi connectivity index (χ0) is 6.57. The van der Waals surface area contributed by atoms with E-state index < -0.39 is 0 Å². The van der Waals surface area contributed by atoms with Gasteiger partial charge in [0.1, 0.15) is 12.4 Å². The standard InChI is InChI=1S/C6H12O2/c1-5(2)6(4-7)8-3/h7H,4H2,1-3H3. The molecule has 0 aromatic rings. The normalized spacial score (nSPS) is 8.50. The smallest absolute Gasteiger partial charge is 0.120 e. The fourth-order valence-corrected chi connectivity index (χ4v) is 0.427. The number of aliphatic hydroxyl groups excluding tert-OH is 1. The van der Waals surface area contributed by atoms with Gasteiger partial charge in [0, 0.05) is 0 Å². The van der Waals surface area contributed by atoms with E-state index in [9.17, 15) is 0 Å². The van der Waals surface area contributed by atoms with Gasteiger partial charge in [0.25, 0.3) is 0 Å². The van der Waals surface area contributed by atoms with E-state index in [0.29, 0.717) is 5.76 Å². The zero-order valence-corrected chi connectivity index (χ0v) is 5.56. The van der Waals surface area contributed by atoms with Crippen LogP contribution in [0.5, 0.6) is 0 Å². The highest BCUT2D eigenvalue weighted by Crippen LogP contribution is 2.00. The van der Waals surface area contributed by atoms with Crippen LogP contribution in [0.15, 0.2) is 11.3 Å². The van der Waals surface area contributed by atoms with Crippen LogP contribution >= 0.6 is 0 Å². The Bertz CT molecular complexity index is 84.7. The summed E-state index contributed by atoms with van der Waals surface area (Å²) in [6.45, 7) is 3.79. The van der Waals surface area contributed by atoms with Crippen molar-refractivity contribution in [1.82, 2.24) is 0 Å². The molecule has 2 heteroatoms. The third-order valence-electron chi connectivity index (χ3n) is 0.948. The third-order valence-corrected chi connectivity index (χ3v) is 0.948. The Labute approximate surface area is 49.8 Å². The second-order valence-corrected chi connectivity index (χ2v) is 1.79. The van der Waals surface area contributed by atoms with Gasteiger partial charge in [-0.3, -0.25) is 0 Å². The van der Waals surface area contributed by atoms with Gasteiger partial charge in [0.15, 0.2) is 0 Å². The molecule has 0 unspecified atom stereocenters. The minimum Gasteiger partial charge on any atom is -0.499 e. The molecule has 2 nitrogen and oxygen atoms in total. The fraction of sp³-hybridized carbons (Fsp3) is 0.667. The molecule has 0 saturated carbocycles. The minimum absolute atomic E-state index is 0.00116. The van der Waals surface area contributed by atoms with Crippen LogP contribution in [0.2, 0.25) is 0 Å². The zero-order valence-electron chi connectivity index (χ0n) is 5.56. The van der Waals surface area contributed by atoms with Crippen molar-refractivity contribution in [2.75, 3.05) is 13.7 Å². The SMILES string of the molecule is COC(CO)=C(C)C. The van der Waals surface area contributed by atoms with Crippen LogP contribution in [-0.2, 0) is 4.74 Å². The molecule has 48 valence electrons. The van der Waals surface area contributed by atoms with Crippen molar-refractivity contribution in [2.24, 2.45) is 0 Å². The van der Waals surface area contributed by atoms with Crippen molar-refractivity contribution in [3.8, 4) is 0 Å². The average Bonchev–Trinajstić information content (AvgIpc) is 1.69. The Balaban J connectivity index is 3.86. The number of allylic oxidation sites excluding steroid dienone is 1. The molecule has 0 heterocycles. The van der Waals surface area contributed by atoms with E-state index in [-0.39, 0.29) is 6.61 Å². The number of aliphatic hydroxyl groups is 1. The highest BCUT2D eigenvalue weighted by atomic mass is 16.5. The van der Waals surface area contributed by atoms with Crippen LogP contribution in [0.4, 0.5) is 0 Å². The first-order chi connectivity index (χ1) is 3.72. The molecule has 8 heavy (non-hydrogen) atoms. The number of rotatable bonds is 2. The molecular formula is C6H12O2. The highest BCUT2D eigenvalue weighted by Gasteiger charge is 1.92. The highest BCUT2D eigenvalue weighted by molar-refractivity contribution is 5.01. The van der Waals surface area contributed by atoms with Gasteiger partial charge in [-0.1, -0.05) is 0 Å². The van der Waals surface area contributed by atoms with Crippen molar-refractivity contribution in [3.63, 3.8) is 0 Å². The largest absolute Gasteiger partial charge is 0.499 e. The van der Waals surface area contributed by atoms with Gasteiger partial charge < -0.3 is 9.84 Å². The van der Waals surface area contributed by atoms with Gasteiger partial charge in [-0.2, -0.15) is 0 Å². The van der Waals surface area contributed by atoms with Crippen molar-refractivity contribution in [1.29, 1.82) is 0 Å². The topological polar surface area (TPSA) is 29.5 Å². The second kappa shape index (κ2) is 3.50. The molecule has 0 spiro atoms. The minimum atomic E-state index is -0.00116. The summed E-state index contributed by atoms with van der Waals surface area (Å²) in [7, 11) is 1.55. The first kappa shape index (κ1) is 7.50. The van der Waals surface area contributed by atoms with Gasteiger partial charge in [-0.05, 0) is 19.4 Å². The van der Waals surface area contributed by atoms with E-state index in [4.69, 9.17) is 9.84 Å². The van der Waals surface area contributed by atoms with Gasteiger partial charge >= 0.3 is 0 Å². The first-order valence-electron chi connectivity index (χ1n) is 2.53. The van der Waals surface area contributed by atoms with Crippen molar-refractivity contribution in [2.45, 2.75) is 13.8 Å². The van der Waals surface area contributed by atoms with Crippen LogP contribution in [0.3, 0.4) is 0 Å². The maximum atomic E-state index is 8.51. The molecule has 0 aliphatic rings. The van der Waals surface area contributed by atoms with Crippen molar-refractivity contribution >= 4 is 0 Å². The molecule has 0 bridgehead atoms. The van der Waals surface area contributed by atoms with E-state index in [1.54, 1.807) is 7.11 Å². The predicted molar refractivity (Wildman–Crippen MR) is 32.5 cm³/mol. The van der Waals surface area contributed by atoms with Gasteiger partial charge in [0.2, 0.25) is 0 Å². The molecule has 0 aliphatic heterocycles. The fourth-order valence-electron chi connectivity index (χ4n) is 0.427. The second-order valence-electron chi connectivity index (χ2n) is 1.79. The van der Waals surface area contributed by atoms with Crippen LogP contribution in [0, 0.1) is 0 Å². The maximum absolute atomic E-state index is 8.51. The van der Waals surface area contributed by atoms with Gasteiger partial charge in [-0.25, -0.2) is 0 Å². The lowest BCUT2D eigenvalue weighted by atomic mass is 10.3. The lowest BCUT2D eigenvalue weighted by molar-refractivity contribution is 0.203. The lowest BCUT2D eigenvalue weighted by Crippen LogP contribution is -1.94. The summed E-state index contributed by atoms with van der Waals surface area (Å²) in [5.74, 6) is 0.657. The summed E-state index contributed by atoms with van der Waals surface area (Å²) in [5.41, 5.74) is 1.02. The Morgan fingerprint density at radius 3 is 2.00 bits per heavy atom. The number of hydrogen-bond acceptors (Lipinski definition) is 2. The van der Waals surface area contributed by atoms with Gasteiger partial charge in [0.05, 0.1) is 7.11 Å². The van der Waals surface area contributed by atoms with E-state index in [1.807, 2.05) is 13.8 Å². The predicted octanol–water partition coefficient (Wildman–Crippen LogP) is 0.919. The molecule has 0 saturated heterocycles. The van der Waals surface area contributed by atoms with Crippen molar-refractivity contribution in [3.05, 3.63) is 11.3 Å². The number of hydrogen-bond donors (Lipinski definition) is 1. The van der Waals surface area contributed by atoms with Crippen LogP contribution in [-0.4, -0.2) is 18.8 Å². The summed E-state index contributed by atoms with van der Waals surface area (Å²) >= 11 is 0. The average molecular weight is 116 g/mol. The lowest BCUT2D eigenvalue weighted by Gasteiger charge is -2.02. The summed E-state index contributed by atoms with van der Waals surface area (Å²) in [5, 5.41) is 8.51. The van der Waals surface area contributed by atoms with Crippen LogP contribution in [0.1, 0.15) is 13.8 Å². The molecule has 0 fully saturated rings. The monoisotopic (exact) mass is 116 g/mol. The number of methoxy groups -OCH3 is 1. The quantitative estimate of drug-likeness (QED) is 0.543.